The number of nitrogens with zero attached hydrogens (tertiary/aromatic N) is 1. The van der Waals surface area contributed by atoms with Crippen molar-refractivity contribution in [3.05, 3.63) is 29.8 Å². The van der Waals surface area contributed by atoms with Gasteiger partial charge in [0.15, 0.2) is 0 Å². The minimum absolute atomic E-state index is 0.126. The predicted octanol–water partition coefficient (Wildman–Crippen LogP) is 1.17. The summed E-state index contributed by atoms with van der Waals surface area (Å²) < 4.78 is 26.4. The third-order valence-electron chi connectivity index (χ3n) is 2.82. The molecule has 0 atom stereocenters. The molecule has 1 aromatic carbocycles. The zero-order chi connectivity index (χ0) is 15.3. The van der Waals surface area contributed by atoms with E-state index in [0.29, 0.717) is 6.42 Å². The average Bonchev–Trinajstić information content (AvgIpc) is 2.38. The van der Waals surface area contributed by atoms with Crippen LogP contribution in [0.5, 0.6) is 0 Å². The smallest absolute Gasteiger partial charge is 0.337 e. The van der Waals surface area contributed by atoms with Gasteiger partial charge in [0.25, 0.3) is 0 Å². The SMILES string of the molecule is CC(C)N(CCCO)S(=O)(=O)c1ccccc1C(=O)O. The fraction of sp³-hybridized carbons (Fsp3) is 0.462. The quantitative estimate of drug-likeness (QED) is 0.788. The second-order valence-corrected chi connectivity index (χ2v) is 6.45. The molecule has 0 bridgehead atoms. The number of hydrogen-bond acceptors (Lipinski definition) is 4. The highest BCUT2D eigenvalue weighted by Crippen LogP contribution is 2.22. The highest BCUT2D eigenvalue weighted by Gasteiger charge is 2.30. The Morgan fingerprint density at radius 2 is 1.90 bits per heavy atom. The van der Waals surface area contributed by atoms with E-state index in [9.17, 15) is 13.2 Å². The number of aliphatic hydroxyl groups excluding tert-OH is 1. The van der Waals surface area contributed by atoms with Crippen molar-refractivity contribution in [3.8, 4) is 0 Å². The molecule has 0 saturated carbocycles. The first kappa shape index (κ1) is 16.6. The summed E-state index contributed by atoms with van der Waals surface area (Å²) in [5.74, 6) is -1.28. The second kappa shape index (κ2) is 6.83. The van der Waals surface area contributed by atoms with Gasteiger partial charge in [0, 0.05) is 19.2 Å². The Kier molecular flexibility index (Phi) is 5.67. The third-order valence-corrected chi connectivity index (χ3v) is 4.95. The van der Waals surface area contributed by atoms with Gasteiger partial charge in [-0.25, -0.2) is 13.2 Å². The van der Waals surface area contributed by atoms with E-state index in [1.807, 2.05) is 0 Å². The number of carboxylic acids is 1. The lowest BCUT2D eigenvalue weighted by molar-refractivity contribution is 0.0692. The van der Waals surface area contributed by atoms with Gasteiger partial charge in [0.05, 0.1) is 10.5 Å². The molecular formula is C13H19NO5S. The van der Waals surface area contributed by atoms with Gasteiger partial charge >= 0.3 is 5.97 Å². The van der Waals surface area contributed by atoms with Crippen molar-refractivity contribution in [3.63, 3.8) is 0 Å². The molecule has 112 valence electrons. The molecule has 0 amide bonds. The Morgan fingerprint density at radius 3 is 2.40 bits per heavy atom. The highest BCUT2D eigenvalue weighted by atomic mass is 32.2. The van der Waals surface area contributed by atoms with Crippen molar-refractivity contribution in [1.29, 1.82) is 0 Å². The van der Waals surface area contributed by atoms with Gasteiger partial charge in [-0.3, -0.25) is 0 Å². The van der Waals surface area contributed by atoms with Crippen molar-refractivity contribution in [1.82, 2.24) is 4.31 Å². The number of carboxylic acid groups (broad SMARTS) is 1. The van der Waals surface area contributed by atoms with Crippen molar-refractivity contribution in [2.45, 2.75) is 31.2 Å². The van der Waals surface area contributed by atoms with E-state index < -0.39 is 16.0 Å². The fourth-order valence-electron chi connectivity index (χ4n) is 1.88. The van der Waals surface area contributed by atoms with E-state index in [0.717, 1.165) is 0 Å². The van der Waals surface area contributed by atoms with Gasteiger partial charge < -0.3 is 10.2 Å². The number of benzene rings is 1. The first-order valence-electron chi connectivity index (χ1n) is 6.27. The molecule has 2 N–H and O–H groups in total. The zero-order valence-electron chi connectivity index (χ0n) is 11.5. The summed E-state index contributed by atoms with van der Waals surface area (Å²) >= 11 is 0. The van der Waals surface area contributed by atoms with Crippen LogP contribution in [0.4, 0.5) is 0 Å². The molecule has 0 fully saturated rings. The third kappa shape index (κ3) is 3.56. The maximum Gasteiger partial charge on any atom is 0.337 e. The van der Waals surface area contributed by atoms with E-state index in [4.69, 9.17) is 10.2 Å². The lowest BCUT2D eigenvalue weighted by Crippen LogP contribution is -2.38. The molecule has 0 aromatic heterocycles. The highest BCUT2D eigenvalue weighted by molar-refractivity contribution is 7.89. The van der Waals surface area contributed by atoms with Gasteiger partial charge in [-0.2, -0.15) is 4.31 Å². The van der Waals surface area contributed by atoms with Crippen LogP contribution in [-0.4, -0.2) is 48.1 Å². The summed E-state index contributed by atoms with van der Waals surface area (Å²) in [5.41, 5.74) is -0.248. The minimum atomic E-state index is -3.91. The van der Waals surface area contributed by atoms with Crippen LogP contribution in [0.25, 0.3) is 0 Å². The van der Waals surface area contributed by atoms with Crippen LogP contribution in [0.2, 0.25) is 0 Å². The molecule has 0 aliphatic rings. The molecule has 1 rings (SSSR count). The average molecular weight is 301 g/mol. The monoisotopic (exact) mass is 301 g/mol. The summed E-state index contributed by atoms with van der Waals surface area (Å²) in [6.45, 7) is 3.43. The van der Waals surface area contributed by atoms with Crippen LogP contribution in [0.15, 0.2) is 29.2 Å². The Morgan fingerprint density at radius 1 is 1.30 bits per heavy atom. The molecule has 0 aliphatic carbocycles. The van der Waals surface area contributed by atoms with E-state index in [-0.39, 0.29) is 29.7 Å². The Balaban J connectivity index is 3.30. The van der Waals surface area contributed by atoms with Gasteiger partial charge in [0.2, 0.25) is 10.0 Å². The number of rotatable bonds is 7. The number of sulfonamides is 1. The summed E-state index contributed by atoms with van der Waals surface area (Å²) in [4.78, 5) is 10.9. The molecule has 1 aromatic rings. The summed E-state index contributed by atoms with van der Waals surface area (Å²) in [6, 6.07) is 5.19. The largest absolute Gasteiger partial charge is 0.478 e. The van der Waals surface area contributed by atoms with Gasteiger partial charge in [-0.05, 0) is 32.4 Å². The molecule has 0 saturated heterocycles. The Bertz CT molecular complexity index is 568. The summed E-state index contributed by atoms with van der Waals surface area (Å²) in [5, 5.41) is 18.0. The van der Waals surface area contributed by atoms with Crippen LogP contribution >= 0.6 is 0 Å². The molecule has 0 unspecified atom stereocenters. The van der Waals surface area contributed by atoms with Crippen molar-refractivity contribution in [2.75, 3.05) is 13.2 Å². The van der Waals surface area contributed by atoms with Crippen LogP contribution in [0.3, 0.4) is 0 Å². The molecule has 0 spiro atoms. The van der Waals surface area contributed by atoms with E-state index >= 15 is 0 Å². The van der Waals surface area contributed by atoms with Gasteiger partial charge in [-0.15, -0.1) is 0 Å². The lowest BCUT2D eigenvalue weighted by Gasteiger charge is -2.26. The first-order valence-corrected chi connectivity index (χ1v) is 7.71. The maximum absolute atomic E-state index is 12.6. The Hall–Kier alpha value is -1.44. The molecule has 7 heteroatoms. The summed E-state index contributed by atoms with van der Waals surface area (Å²) in [6.07, 6.45) is 0.298. The number of aliphatic hydroxyl groups is 1. The maximum atomic E-state index is 12.6. The zero-order valence-corrected chi connectivity index (χ0v) is 12.3. The van der Waals surface area contributed by atoms with Gasteiger partial charge in [0.1, 0.15) is 0 Å². The molecule has 0 heterocycles. The van der Waals surface area contributed by atoms with Crippen LogP contribution < -0.4 is 0 Å². The lowest BCUT2D eigenvalue weighted by atomic mass is 10.2. The summed E-state index contributed by atoms with van der Waals surface area (Å²) in [7, 11) is -3.91. The van der Waals surface area contributed by atoms with Crippen molar-refractivity contribution in [2.24, 2.45) is 0 Å². The standard InChI is InChI=1S/C13H19NO5S/c1-10(2)14(8-5-9-15)20(18,19)12-7-4-3-6-11(12)13(16)17/h3-4,6-7,10,15H,5,8-9H2,1-2H3,(H,16,17). The number of aromatic carboxylic acids is 1. The van der Waals surface area contributed by atoms with Crippen molar-refractivity contribution >= 4 is 16.0 Å². The normalized spacial score (nSPS) is 12.1. The fourth-order valence-corrected chi connectivity index (χ4v) is 3.74. The van der Waals surface area contributed by atoms with E-state index in [1.54, 1.807) is 13.8 Å². The first-order chi connectivity index (χ1) is 9.32. The van der Waals surface area contributed by atoms with Crippen molar-refractivity contribution < 1.29 is 23.4 Å². The van der Waals surface area contributed by atoms with Crippen LogP contribution in [0.1, 0.15) is 30.6 Å². The predicted molar refractivity (Wildman–Crippen MR) is 74.1 cm³/mol. The van der Waals surface area contributed by atoms with E-state index in [1.165, 1.54) is 28.6 Å². The van der Waals surface area contributed by atoms with Gasteiger partial charge in [-0.1, -0.05) is 12.1 Å². The number of carbonyl (C=O) groups is 1. The topological polar surface area (TPSA) is 94.9 Å². The van der Waals surface area contributed by atoms with E-state index in [2.05, 4.69) is 0 Å². The minimum Gasteiger partial charge on any atom is -0.478 e. The molecule has 20 heavy (non-hydrogen) atoms. The molecule has 6 nitrogen and oxygen atoms in total. The van der Waals surface area contributed by atoms with Crippen LogP contribution in [-0.2, 0) is 10.0 Å². The van der Waals surface area contributed by atoms with Crippen LogP contribution in [0, 0.1) is 0 Å². The molecule has 0 aliphatic heterocycles. The second-order valence-electron chi connectivity index (χ2n) is 4.59. The number of hydrogen-bond donors (Lipinski definition) is 2. The Labute approximate surface area is 118 Å². The molecular weight excluding hydrogens is 282 g/mol. The molecule has 0 radical (unpaired) electrons.